The van der Waals surface area contributed by atoms with Crippen LogP contribution in [0.5, 0.6) is 0 Å². The van der Waals surface area contributed by atoms with Crippen LogP contribution in [-0.4, -0.2) is 95.3 Å². The van der Waals surface area contributed by atoms with Crippen LogP contribution in [0.25, 0.3) is 6.08 Å². The smallest absolute Gasteiger partial charge is 0.246 e. The van der Waals surface area contributed by atoms with Crippen LogP contribution < -0.4 is 0 Å². The second-order valence-electron chi connectivity index (χ2n) is 8.39. The minimum absolute atomic E-state index is 0.00267. The fourth-order valence-corrected chi connectivity index (χ4v) is 4.37. The number of carbonyl (C=O) groups is 2. The molecule has 7 nitrogen and oxygen atoms in total. The third-order valence-electron chi connectivity index (χ3n) is 6.23. The number of carbonyl (C=O) groups excluding carboxylic acids is 2. The van der Waals surface area contributed by atoms with Gasteiger partial charge in [-0.15, -0.1) is 0 Å². The van der Waals surface area contributed by atoms with E-state index in [1.807, 2.05) is 0 Å². The fourth-order valence-electron chi connectivity index (χ4n) is 4.19. The minimum atomic E-state index is -0.566. The van der Waals surface area contributed by atoms with Crippen molar-refractivity contribution in [1.82, 2.24) is 14.7 Å². The lowest BCUT2D eigenvalue weighted by molar-refractivity contribution is -0.130. The largest absolute Gasteiger partial charge is 0.396 e. The second-order valence-corrected chi connectivity index (χ2v) is 8.79. The van der Waals surface area contributed by atoms with Gasteiger partial charge in [-0.3, -0.25) is 9.59 Å². The molecule has 3 rings (SSSR count). The summed E-state index contributed by atoms with van der Waals surface area (Å²) in [5.74, 6) is -0.862. The van der Waals surface area contributed by atoms with E-state index in [0.717, 1.165) is 25.9 Å². The Bertz CT molecular complexity index is 837. The predicted octanol–water partition coefficient (Wildman–Crippen LogP) is 1.62. The Balaban J connectivity index is 1.46. The molecule has 0 aromatic heterocycles. The number of hydrogen-bond acceptors (Lipinski definition) is 5. The van der Waals surface area contributed by atoms with Gasteiger partial charge in [-0.1, -0.05) is 23.7 Å². The molecular weight excluding hydrogens is 437 g/mol. The number of aliphatic hydroxyl groups excluding tert-OH is 2. The zero-order valence-corrected chi connectivity index (χ0v) is 18.9. The molecule has 2 saturated heterocycles. The number of benzene rings is 1. The van der Waals surface area contributed by atoms with Gasteiger partial charge in [0.15, 0.2) is 0 Å². The zero-order valence-electron chi connectivity index (χ0n) is 18.1. The van der Waals surface area contributed by atoms with E-state index >= 15 is 0 Å². The average Bonchev–Trinajstić information content (AvgIpc) is 2.96. The van der Waals surface area contributed by atoms with Gasteiger partial charge in [0, 0.05) is 63.3 Å². The topological polar surface area (TPSA) is 84.3 Å². The van der Waals surface area contributed by atoms with Crippen molar-refractivity contribution >= 4 is 29.5 Å². The van der Waals surface area contributed by atoms with E-state index < -0.39 is 11.9 Å². The molecular formula is C23H31ClFN3O4. The highest BCUT2D eigenvalue weighted by Gasteiger charge is 2.27. The summed E-state index contributed by atoms with van der Waals surface area (Å²) < 4.78 is 14.0. The normalized spacial score (nSPS) is 23.1. The Kier molecular flexibility index (Phi) is 9.04. The number of hydrogen-bond donors (Lipinski definition) is 2. The van der Waals surface area contributed by atoms with E-state index in [-0.39, 0.29) is 41.3 Å². The molecule has 1 aromatic rings. The van der Waals surface area contributed by atoms with Crippen molar-refractivity contribution in [3.63, 3.8) is 0 Å². The number of piperidine rings is 1. The third kappa shape index (κ3) is 6.51. The lowest BCUT2D eigenvalue weighted by atomic mass is 9.95. The number of aliphatic hydroxyl groups is 2. The number of amides is 2. The summed E-state index contributed by atoms with van der Waals surface area (Å²) in [6.45, 7) is 3.97. The van der Waals surface area contributed by atoms with Crippen molar-refractivity contribution in [3.05, 3.63) is 40.7 Å². The first-order valence-electron chi connectivity index (χ1n) is 11.1. The number of nitrogens with zero attached hydrogens (tertiary/aromatic N) is 3. The number of rotatable bonds is 7. The number of halogens is 2. The van der Waals surface area contributed by atoms with Gasteiger partial charge < -0.3 is 24.9 Å². The van der Waals surface area contributed by atoms with E-state index in [4.69, 9.17) is 11.6 Å². The van der Waals surface area contributed by atoms with E-state index in [9.17, 15) is 24.2 Å². The third-order valence-corrected chi connectivity index (χ3v) is 6.52. The molecule has 2 atom stereocenters. The molecule has 2 amide bonds. The predicted molar refractivity (Wildman–Crippen MR) is 120 cm³/mol. The first-order chi connectivity index (χ1) is 15.4. The molecule has 2 aliphatic rings. The van der Waals surface area contributed by atoms with Crippen molar-refractivity contribution < 1.29 is 24.2 Å². The first kappa shape index (κ1) is 24.6. The van der Waals surface area contributed by atoms with Gasteiger partial charge in [0.1, 0.15) is 5.82 Å². The van der Waals surface area contributed by atoms with Crippen LogP contribution in [0.2, 0.25) is 5.02 Å². The van der Waals surface area contributed by atoms with Crippen molar-refractivity contribution in [2.45, 2.75) is 25.4 Å². The van der Waals surface area contributed by atoms with Gasteiger partial charge in [-0.05, 0) is 38.1 Å². The van der Waals surface area contributed by atoms with E-state index in [1.54, 1.807) is 21.9 Å². The van der Waals surface area contributed by atoms with Crippen LogP contribution in [-0.2, 0) is 9.59 Å². The van der Waals surface area contributed by atoms with Gasteiger partial charge >= 0.3 is 0 Å². The van der Waals surface area contributed by atoms with Crippen LogP contribution in [0, 0.1) is 11.7 Å². The standard InChI is InChI=1S/C23H31ClFN3O4/c24-19-4-1-3-17(23(19)25)5-6-21(31)28-12-8-22(32)27(13-14-28)10-2-9-26-11-7-18(16-29)20(30)15-26/h1,3-6,18,20,29-30H,2,7-16H2/b6-5+/t18-,20+/m1/s1. The fraction of sp³-hybridized carbons (Fsp3) is 0.565. The highest BCUT2D eigenvalue weighted by Crippen LogP contribution is 2.19. The van der Waals surface area contributed by atoms with Crippen molar-refractivity contribution in [2.75, 3.05) is 52.4 Å². The SMILES string of the molecule is O=C(/C=C/c1cccc(Cl)c1F)N1CCC(=O)N(CCCN2CC[C@H](CO)[C@@H](O)C2)CC1. The maximum Gasteiger partial charge on any atom is 0.246 e. The maximum atomic E-state index is 14.0. The Morgan fingerprint density at radius 3 is 2.78 bits per heavy atom. The van der Waals surface area contributed by atoms with Crippen LogP contribution in [0.3, 0.4) is 0 Å². The van der Waals surface area contributed by atoms with E-state index in [2.05, 4.69) is 4.90 Å². The molecule has 0 spiro atoms. The molecule has 32 heavy (non-hydrogen) atoms. The van der Waals surface area contributed by atoms with Crippen LogP contribution >= 0.6 is 11.6 Å². The molecule has 1 aromatic carbocycles. The monoisotopic (exact) mass is 467 g/mol. The molecule has 0 radical (unpaired) electrons. The molecule has 9 heteroatoms. The average molecular weight is 468 g/mol. The summed E-state index contributed by atoms with van der Waals surface area (Å²) in [7, 11) is 0. The minimum Gasteiger partial charge on any atom is -0.396 e. The van der Waals surface area contributed by atoms with Gasteiger partial charge in [-0.2, -0.15) is 0 Å². The van der Waals surface area contributed by atoms with Gasteiger partial charge in [0.25, 0.3) is 0 Å². The molecule has 0 saturated carbocycles. The Morgan fingerprint density at radius 2 is 2.03 bits per heavy atom. The summed E-state index contributed by atoms with van der Waals surface area (Å²) in [5.41, 5.74) is 0.242. The Labute approximate surface area is 193 Å². The molecule has 2 heterocycles. The van der Waals surface area contributed by atoms with Gasteiger partial charge in [-0.25, -0.2) is 4.39 Å². The van der Waals surface area contributed by atoms with Gasteiger partial charge in [0.2, 0.25) is 11.8 Å². The van der Waals surface area contributed by atoms with Crippen molar-refractivity contribution in [3.8, 4) is 0 Å². The number of β-amino-alcohol motifs (C(OH)–C–C–N with tert-alkyl or cyclic N) is 1. The summed E-state index contributed by atoms with van der Waals surface area (Å²) in [6.07, 6.45) is 4.01. The molecule has 2 aliphatic heterocycles. The van der Waals surface area contributed by atoms with Crippen LogP contribution in [0.15, 0.2) is 24.3 Å². The highest BCUT2D eigenvalue weighted by atomic mass is 35.5. The summed E-state index contributed by atoms with van der Waals surface area (Å²) in [6, 6.07) is 4.61. The molecule has 2 fully saturated rings. The number of likely N-dealkylation sites (tertiary alicyclic amines) is 1. The lowest BCUT2D eigenvalue weighted by Crippen LogP contribution is -2.46. The van der Waals surface area contributed by atoms with Crippen LogP contribution in [0.1, 0.15) is 24.8 Å². The summed E-state index contributed by atoms with van der Waals surface area (Å²) in [5, 5.41) is 19.3. The molecule has 0 unspecified atom stereocenters. The second kappa shape index (κ2) is 11.7. The molecule has 0 bridgehead atoms. The Hall–Kier alpha value is -2.00. The highest BCUT2D eigenvalue weighted by molar-refractivity contribution is 6.30. The van der Waals surface area contributed by atoms with Gasteiger partial charge in [0.05, 0.1) is 11.1 Å². The lowest BCUT2D eigenvalue weighted by Gasteiger charge is -2.35. The summed E-state index contributed by atoms with van der Waals surface area (Å²) in [4.78, 5) is 30.6. The summed E-state index contributed by atoms with van der Waals surface area (Å²) >= 11 is 5.77. The quantitative estimate of drug-likeness (QED) is 0.595. The maximum absolute atomic E-state index is 14.0. The van der Waals surface area contributed by atoms with Crippen LogP contribution in [0.4, 0.5) is 4.39 Å². The van der Waals surface area contributed by atoms with Crippen molar-refractivity contribution in [1.29, 1.82) is 0 Å². The molecule has 0 aliphatic carbocycles. The van der Waals surface area contributed by atoms with E-state index in [0.29, 0.717) is 32.7 Å². The molecule has 176 valence electrons. The van der Waals surface area contributed by atoms with Crippen molar-refractivity contribution in [2.24, 2.45) is 5.92 Å². The first-order valence-corrected chi connectivity index (χ1v) is 11.5. The van der Waals surface area contributed by atoms with E-state index in [1.165, 1.54) is 18.2 Å². The molecule has 2 N–H and O–H groups in total. The Morgan fingerprint density at radius 1 is 1.22 bits per heavy atom. The zero-order chi connectivity index (χ0) is 23.1.